The van der Waals surface area contributed by atoms with Crippen molar-refractivity contribution in [1.29, 1.82) is 5.26 Å². The first kappa shape index (κ1) is 19.7. The molecular formula is C29H27N5. The summed E-state index contributed by atoms with van der Waals surface area (Å²) in [7, 11) is 0. The van der Waals surface area contributed by atoms with E-state index in [9.17, 15) is 0 Å². The zero-order valence-electron chi connectivity index (χ0n) is 19.4. The minimum Gasteiger partial charge on any atom is -0.368 e. The van der Waals surface area contributed by atoms with Gasteiger partial charge in [-0.25, -0.2) is 4.98 Å². The van der Waals surface area contributed by atoms with Crippen LogP contribution in [0.25, 0.3) is 28.3 Å². The first-order valence-corrected chi connectivity index (χ1v) is 12.3. The van der Waals surface area contributed by atoms with Gasteiger partial charge in [-0.1, -0.05) is 18.6 Å². The zero-order chi connectivity index (χ0) is 22.8. The van der Waals surface area contributed by atoms with Gasteiger partial charge in [0.2, 0.25) is 0 Å². The summed E-state index contributed by atoms with van der Waals surface area (Å²) in [6.07, 6.45) is 9.65. The highest BCUT2D eigenvalue weighted by Crippen LogP contribution is 2.42. The Balaban J connectivity index is 1.34. The standard InChI is InChI=1S/C29H27N5/c1-19-16-31-29-28-14-23(21-7-5-20(15-30)6-8-21)17-32(28)18-24-13-25(9-10-27(24)34(19)29)33-12-11-22-3-2-4-26(22)33/h5-10,13-14,16-17,22,26H,2-4,11-12,18H2,1H3/t22-,26+/m1/s1. The van der Waals surface area contributed by atoms with E-state index in [1.807, 2.05) is 30.5 Å². The summed E-state index contributed by atoms with van der Waals surface area (Å²) in [5.41, 5.74) is 9.17. The van der Waals surface area contributed by atoms with Crippen molar-refractivity contribution < 1.29 is 0 Å². The van der Waals surface area contributed by atoms with Crippen molar-refractivity contribution in [3.8, 4) is 34.4 Å². The molecule has 1 aliphatic carbocycles. The van der Waals surface area contributed by atoms with Crippen LogP contribution in [-0.2, 0) is 6.54 Å². The summed E-state index contributed by atoms with van der Waals surface area (Å²) >= 11 is 0. The van der Waals surface area contributed by atoms with Gasteiger partial charge in [0.15, 0.2) is 5.82 Å². The Hall–Kier alpha value is -3.78. The number of rotatable bonds is 2. The Bertz CT molecular complexity index is 1450. The Morgan fingerprint density at radius 1 is 1.00 bits per heavy atom. The van der Waals surface area contributed by atoms with Crippen LogP contribution < -0.4 is 4.90 Å². The second-order valence-electron chi connectivity index (χ2n) is 10.0. The van der Waals surface area contributed by atoms with E-state index in [-0.39, 0.29) is 0 Å². The highest BCUT2D eigenvalue weighted by atomic mass is 15.2. The number of nitriles is 1. The predicted octanol–water partition coefficient (Wildman–Crippen LogP) is 5.93. The molecule has 7 rings (SSSR count). The molecule has 1 saturated carbocycles. The van der Waals surface area contributed by atoms with Crippen molar-refractivity contribution in [3.63, 3.8) is 0 Å². The topological polar surface area (TPSA) is 49.8 Å². The van der Waals surface area contributed by atoms with E-state index in [1.165, 1.54) is 49.2 Å². The largest absolute Gasteiger partial charge is 0.368 e. The summed E-state index contributed by atoms with van der Waals surface area (Å²) in [5.74, 6) is 1.87. The normalized spacial score (nSPS) is 20.3. The molecular weight excluding hydrogens is 418 g/mol. The van der Waals surface area contributed by atoms with E-state index in [0.717, 1.165) is 46.8 Å². The minimum atomic E-state index is 0.684. The van der Waals surface area contributed by atoms with E-state index in [4.69, 9.17) is 10.2 Å². The van der Waals surface area contributed by atoms with Crippen LogP contribution in [0.1, 0.15) is 42.5 Å². The number of fused-ring (bicyclic) bond motifs is 6. The molecule has 2 aromatic carbocycles. The summed E-state index contributed by atoms with van der Waals surface area (Å²) in [6, 6.07) is 20.1. The van der Waals surface area contributed by atoms with E-state index >= 15 is 0 Å². The van der Waals surface area contributed by atoms with Crippen LogP contribution in [0.3, 0.4) is 0 Å². The van der Waals surface area contributed by atoms with Crippen molar-refractivity contribution in [2.24, 2.45) is 5.92 Å². The molecule has 34 heavy (non-hydrogen) atoms. The molecule has 168 valence electrons. The van der Waals surface area contributed by atoms with Gasteiger partial charge < -0.3 is 9.47 Å². The van der Waals surface area contributed by atoms with Gasteiger partial charge in [0, 0.05) is 48.5 Å². The monoisotopic (exact) mass is 445 g/mol. The lowest BCUT2D eigenvalue weighted by molar-refractivity contribution is 0.541. The van der Waals surface area contributed by atoms with Gasteiger partial charge >= 0.3 is 0 Å². The molecule has 0 radical (unpaired) electrons. The van der Waals surface area contributed by atoms with E-state index in [0.29, 0.717) is 5.56 Å². The minimum absolute atomic E-state index is 0.684. The number of nitrogens with zero attached hydrogens (tertiary/aromatic N) is 5. The lowest BCUT2D eigenvalue weighted by Gasteiger charge is -2.27. The van der Waals surface area contributed by atoms with E-state index in [1.54, 1.807) is 0 Å². The molecule has 0 amide bonds. The maximum Gasteiger partial charge on any atom is 0.161 e. The third kappa shape index (κ3) is 2.88. The van der Waals surface area contributed by atoms with Gasteiger partial charge in [-0.2, -0.15) is 5.26 Å². The van der Waals surface area contributed by atoms with Gasteiger partial charge in [-0.3, -0.25) is 4.57 Å². The highest BCUT2D eigenvalue weighted by Gasteiger charge is 2.37. The summed E-state index contributed by atoms with van der Waals surface area (Å²) in [4.78, 5) is 7.49. The average molecular weight is 446 g/mol. The number of aryl methyl sites for hydroxylation is 1. The fourth-order valence-electron chi connectivity index (χ4n) is 6.48. The Kier molecular flexibility index (Phi) is 4.26. The number of anilines is 1. The number of imidazole rings is 1. The third-order valence-electron chi connectivity index (χ3n) is 8.15. The molecule has 2 fully saturated rings. The molecule has 4 aromatic rings. The van der Waals surface area contributed by atoms with Crippen molar-refractivity contribution in [1.82, 2.24) is 14.1 Å². The molecule has 5 nitrogen and oxygen atoms in total. The van der Waals surface area contributed by atoms with Crippen LogP contribution in [0.2, 0.25) is 0 Å². The molecule has 0 spiro atoms. The van der Waals surface area contributed by atoms with Crippen LogP contribution in [-0.4, -0.2) is 26.7 Å². The number of benzene rings is 2. The van der Waals surface area contributed by atoms with Crippen molar-refractivity contribution >= 4 is 5.69 Å². The molecule has 4 heterocycles. The van der Waals surface area contributed by atoms with Gasteiger partial charge in [0.05, 0.1) is 23.0 Å². The zero-order valence-corrected chi connectivity index (χ0v) is 19.4. The van der Waals surface area contributed by atoms with Crippen LogP contribution in [0, 0.1) is 24.2 Å². The average Bonchev–Trinajstić information content (AvgIpc) is 3.62. The van der Waals surface area contributed by atoms with Crippen LogP contribution in [0.5, 0.6) is 0 Å². The number of hydrogen-bond donors (Lipinski definition) is 0. The molecule has 2 atom stereocenters. The summed E-state index contributed by atoms with van der Waals surface area (Å²) in [5, 5.41) is 9.15. The SMILES string of the molecule is Cc1cnc2n1-c1ccc(N3CC[C@H]4CCC[C@@H]43)cc1Cn1cc(-c3ccc(C#N)cc3)cc1-2. The van der Waals surface area contributed by atoms with Crippen molar-refractivity contribution in [2.45, 2.75) is 45.2 Å². The van der Waals surface area contributed by atoms with Gasteiger partial charge in [-0.15, -0.1) is 0 Å². The Labute approximate surface area is 199 Å². The Morgan fingerprint density at radius 3 is 2.74 bits per heavy atom. The molecule has 1 saturated heterocycles. The second kappa shape index (κ2) is 7.36. The lowest BCUT2D eigenvalue weighted by atomic mass is 10.0. The van der Waals surface area contributed by atoms with E-state index in [2.05, 4.69) is 57.5 Å². The number of aromatic nitrogens is 3. The van der Waals surface area contributed by atoms with Gasteiger partial charge in [0.1, 0.15) is 0 Å². The molecule has 2 aliphatic heterocycles. The molecule has 2 aromatic heterocycles. The fourth-order valence-corrected chi connectivity index (χ4v) is 6.48. The Morgan fingerprint density at radius 2 is 1.88 bits per heavy atom. The highest BCUT2D eigenvalue weighted by molar-refractivity contribution is 5.73. The second-order valence-corrected chi connectivity index (χ2v) is 10.0. The molecule has 0 unspecified atom stereocenters. The maximum atomic E-state index is 9.15. The van der Waals surface area contributed by atoms with Crippen LogP contribution in [0.4, 0.5) is 5.69 Å². The molecule has 0 N–H and O–H groups in total. The predicted molar refractivity (Wildman–Crippen MR) is 134 cm³/mol. The number of hydrogen-bond acceptors (Lipinski definition) is 3. The van der Waals surface area contributed by atoms with E-state index < -0.39 is 0 Å². The molecule has 3 aliphatic rings. The summed E-state index contributed by atoms with van der Waals surface area (Å²) in [6.45, 7) is 4.14. The summed E-state index contributed by atoms with van der Waals surface area (Å²) < 4.78 is 4.65. The van der Waals surface area contributed by atoms with Gasteiger partial charge in [0.25, 0.3) is 0 Å². The smallest absolute Gasteiger partial charge is 0.161 e. The first-order valence-electron chi connectivity index (χ1n) is 12.3. The van der Waals surface area contributed by atoms with Crippen molar-refractivity contribution in [2.75, 3.05) is 11.4 Å². The van der Waals surface area contributed by atoms with Crippen LogP contribution in [0.15, 0.2) is 60.9 Å². The van der Waals surface area contributed by atoms with Crippen LogP contribution >= 0.6 is 0 Å². The molecule has 5 heteroatoms. The van der Waals surface area contributed by atoms with Crippen molar-refractivity contribution in [3.05, 3.63) is 77.7 Å². The maximum absolute atomic E-state index is 9.15. The quantitative estimate of drug-likeness (QED) is 0.338. The fraction of sp³-hybridized carbons (Fsp3) is 0.310. The lowest BCUT2D eigenvalue weighted by Crippen LogP contribution is -2.29. The molecule has 0 bridgehead atoms. The third-order valence-corrected chi connectivity index (χ3v) is 8.15. The first-order chi connectivity index (χ1) is 16.7. The van der Waals surface area contributed by atoms with Gasteiger partial charge in [-0.05, 0) is 79.6 Å².